The molecule has 210 valence electrons. The maximum Gasteiger partial charge on any atom is 0.225 e. The monoisotopic (exact) mass is 555 g/mol. The number of hydrogen-bond donors (Lipinski definition) is 3. The van der Waals surface area contributed by atoms with Crippen molar-refractivity contribution in [1.29, 1.82) is 0 Å². The summed E-state index contributed by atoms with van der Waals surface area (Å²) < 4.78 is 15.2. The minimum atomic E-state index is -1.34. The molecule has 3 N–H and O–H groups in total. The molecule has 0 unspecified atom stereocenters. The molecule has 12 heteroatoms. The highest BCUT2D eigenvalue weighted by atomic mass is 19.1. The van der Waals surface area contributed by atoms with Gasteiger partial charge in [-0.2, -0.15) is 5.10 Å². The Labute approximate surface area is 235 Å². The number of fused-ring (bicyclic) bond motifs is 1. The van der Waals surface area contributed by atoms with E-state index in [1.807, 2.05) is 17.1 Å². The smallest absolute Gasteiger partial charge is 0.225 e. The van der Waals surface area contributed by atoms with Crippen molar-refractivity contribution >= 4 is 22.8 Å². The highest BCUT2D eigenvalue weighted by Crippen LogP contribution is 2.34. The van der Waals surface area contributed by atoms with Crippen LogP contribution in [-0.4, -0.2) is 77.2 Å². The van der Waals surface area contributed by atoms with Crippen molar-refractivity contribution in [2.75, 3.05) is 36.0 Å². The number of aromatic nitrogens is 7. The number of anilines is 2. The van der Waals surface area contributed by atoms with Crippen LogP contribution in [0.3, 0.4) is 0 Å². The second kappa shape index (κ2) is 9.89. The lowest BCUT2D eigenvalue weighted by molar-refractivity contribution is 0.0254. The van der Waals surface area contributed by atoms with Crippen LogP contribution in [0.25, 0.3) is 22.3 Å². The summed E-state index contributed by atoms with van der Waals surface area (Å²) >= 11 is 0. The number of H-pyrrole nitrogens is 1. The molecule has 1 aliphatic carbocycles. The molecule has 0 amide bonds. The van der Waals surface area contributed by atoms with Gasteiger partial charge in [0.15, 0.2) is 0 Å². The van der Waals surface area contributed by atoms with Crippen LogP contribution in [0.4, 0.5) is 16.2 Å². The van der Waals surface area contributed by atoms with E-state index < -0.39 is 5.60 Å². The molecule has 0 bridgehead atoms. The van der Waals surface area contributed by atoms with E-state index in [9.17, 15) is 14.6 Å². The van der Waals surface area contributed by atoms with Gasteiger partial charge in [-0.25, -0.2) is 24.3 Å². The van der Waals surface area contributed by atoms with Gasteiger partial charge < -0.3 is 25.0 Å². The summed E-state index contributed by atoms with van der Waals surface area (Å²) in [5, 5.41) is 26.5. The van der Waals surface area contributed by atoms with Crippen LogP contribution in [0, 0.1) is 5.82 Å². The van der Waals surface area contributed by atoms with Crippen molar-refractivity contribution in [1.82, 2.24) is 34.7 Å². The van der Waals surface area contributed by atoms with Gasteiger partial charge >= 0.3 is 0 Å². The topological polar surface area (TPSA) is 132 Å². The Morgan fingerprint density at radius 3 is 2.34 bits per heavy atom. The summed E-state index contributed by atoms with van der Waals surface area (Å²) in [6.45, 7) is 4.50. The number of aromatic amines is 1. The molecule has 41 heavy (non-hydrogen) atoms. The SMILES string of the molecule is C[C@](O)(c1ccc(F)cc1)c1cnc(N2CCN(c3ncnc4[nH]c(-c5cnn([C@@H]6CC[C@H]6O)c5)cc34)CC2)nc1. The molecule has 2 aliphatic rings. The van der Waals surface area contributed by atoms with Crippen molar-refractivity contribution in [2.45, 2.75) is 37.5 Å². The Hall–Kier alpha value is -4.42. The molecule has 1 saturated carbocycles. The van der Waals surface area contributed by atoms with Crippen LogP contribution < -0.4 is 9.80 Å². The average molecular weight is 556 g/mol. The zero-order chi connectivity index (χ0) is 28.1. The van der Waals surface area contributed by atoms with E-state index in [0.29, 0.717) is 30.2 Å². The van der Waals surface area contributed by atoms with Gasteiger partial charge in [-0.15, -0.1) is 0 Å². The third-order valence-corrected chi connectivity index (χ3v) is 8.33. The van der Waals surface area contributed by atoms with E-state index in [1.54, 1.807) is 37.8 Å². The Kier molecular flexibility index (Phi) is 6.16. The van der Waals surface area contributed by atoms with E-state index in [0.717, 1.165) is 54.0 Å². The largest absolute Gasteiger partial charge is 0.391 e. The highest BCUT2D eigenvalue weighted by molar-refractivity contribution is 5.91. The summed E-state index contributed by atoms with van der Waals surface area (Å²) in [5.41, 5.74) is 2.38. The van der Waals surface area contributed by atoms with Crippen LogP contribution in [0.2, 0.25) is 0 Å². The summed E-state index contributed by atoms with van der Waals surface area (Å²) in [6.07, 6.45) is 10.0. The molecule has 1 aliphatic heterocycles. The van der Waals surface area contributed by atoms with Gasteiger partial charge in [-0.3, -0.25) is 4.68 Å². The van der Waals surface area contributed by atoms with Gasteiger partial charge in [0, 0.05) is 55.9 Å². The fourth-order valence-corrected chi connectivity index (χ4v) is 5.56. The first kappa shape index (κ1) is 25.5. The maximum atomic E-state index is 13.3. The molecular formula is C29H30FN9O2. The standard InChI is InChI=1S/C29H30FN9O2/c1-29(41,19-2-4-21(30)5-3-19)20-14-31-28(32-15-20)38-10-8-37(9-11-38)27-22-12-23(36-26(22)33-17-34-27)18-13-35-39(16-18)24-6-7-25(24)40/h2-5,12-17,24-25,40-41H,6-11H2,1H3,(H,33,34,36)/t24-,25-,29+/m1/s1. The van der Waals surface area contributed by atoms with Crippen molar-refractivity contribution in [3.05, 3.63) is 78.4 Å². The molecule has 11 nitrogen and oxygen atoms in total. The lowest BCUT2D eigenvalue weighted by Crippen LogP contribution is -2.47. The summed E-state index contributed by atoms with van der Waals surface area (Å²) in [4.78, 5) is 25.9. The number of rotatable bonds is 6. The lowest BCUT2D eigenvalue weighted by atomic mass is 9.89. The number of halogens is 1. The summed E-state index contributed by atoms with van der Waals surface area (Å²) in [7, 11) is 0. The second-order valence-electron chi connectivity index (χ2n) is 10.9. The van der Waals surface area contributed by atoms with Crippen LogP contribution in [0.1, 0.15) is 36.9 Å². The normalized spacial score (nSPS) is 20.7. The van der Waals surface area contributed by atoms with E-state index in [2.05, 4.69) is 45.9 Å². The quantitative estimate of drug-likeness (QED) is 0.289. The number of hydrogen-bond acceptors (Lipinski definition) is 9. The summed E-state index contributed by atoms with van der Waals surface area (Å²) in [6, 6.07) is 7.89. The number of nitrogens with zero attached hydrogens (tertiary/aromatic N) is 8. The third-order valence-electron chi connectivity index (χ3n) is 8.33. The van der Waals surface area contributed by atoms with E-state index in [4.69, 9.17) is 0 Å². The molecule has 0 spiro atoms. The van der Waals surface area contributed by atoms with Crippen molar-refractivity contribution in [3.63, 3.8) is 0 Å². The molecule has 1 aromatic carbocycles. The molecule has 2 fully saturated rings. The van der Waals surface area contributed by atoms with Crippen LogP contribution in [0.5, 0.6) is 0 Å². The maximum absolute atomic E-state index is 13.3. The van der Waals surface area contributed by atoms with E-state index in [1.165, 1.54) is 12.1 Å². The number of piperazine rings is 1. The Morgan fingerprint density at radius 1 is 0.927 bits per heavy atom. The van der Waals surface area contributed by atoms with Crippen LogP contribution >= 0.6 is 0 Å². The predicted molar refractivity (Wildman–Crippen MR) is 151 cm³/mol. The number of aliphatic hydroxyl groups excluding tert-OH is 1. The fraction of sp³-hybridized carbons (Fsp3) is 0.345. The lowest BCUT2D eigenvalue weighted by Gasteiger charge is -2.35. The van der Waals surface area contributed by atoms with Crippen LogP contribution in [0.15, 0.2) is 61.4 Å². The van der Waals surface area contributed by atoms with Crippen molar-refractivity contribution < 1.29 is 14.6 Å². The van der Waals surface area contributed by atoms with Gasteiger partial charge in [0.1, 0.15) is 29.2 Å². The number of nitrogens with one attached hydrogen (secondary N) is 1. The van der Waals surface area contributed by atoms with Gasteiger partial charge in [0.05, 0.1) is 29.4 Å². The first-order chi connectivity index (χ1) is 19.9. The Bertz CT molecular complexity index is 1680. The third kappa shape index (κ3) is 4.58. The first-order valence-electron chi connectivity index (χ1n) is 13.7. The molecule has 0 radical (unpaired) electrons. The fourth-order valence-electron chi connectivity index (χ4n) is 5.56. The second-order valence-corrected chi connectivity index (χ2v) is 10.9. The molecule has 3 atom stereocenters. The zero-order valence-corrected chi connectivity index (χ0v) is 22.5. The van der Waals surface area contributed by atoms with Crippen molar-refractivity contribution in [2.24, 2.45) is 0 Å². The van der Waals surface area contributed by atoms with Gasteiger partial charge in [0.25, 0.3) is 0 Å². The average Bonchev–Trinajstić information content (AvgIpc) is 3.64. The van der Waals surface area contributed by atoms with Gasteiger partial charge in [-0.1, -0.05) is 12.1 Å². The molecule has 1 saturated heterocycles. The molecule has 4 aromatic heterocycles. The predicted octanol–water partition coefficient (Wildman–Crippen LogP) is 3.03. The minimum absolute atomic E-state index is 0.0444. The van der Waals surface area contributed by atoms with Crippen LogP contribution in [-0.2, 0) is 5.60 Å². The zero-order valence-electron chi connectivity index (χ0n) is 22.5. The van der Waals surface area contributed by atoms with E-state index in [-0.39, 0.29) is 18.0 Å². The number of aliphatic hydroxyl groups is 2. The molecule has 7 rings (SSSR count). The Morgan fingerprint density at radius 2 is 1.66 bits per heavy atom. The van der Waals surface area contributed by atoms with Gasteiger partial charge in [0.2, 0.25) is 5.95 Å². The highest BCUT2D eigenvalue weighted by Gasteiger charge is 2.31. The molecular weight excluding hydrogens is 525 g/mol. The minimum Gasteiger partial charge on any atom is -0.391 e. The van der Waals surface area contributed by atoms with E-state index >= 15 is 0 Å². The molecule has 5 aromatic rings. The van der Waals surface area contributed by atoms with Crippen molar-refractivity contribution in [3.8, 4) is 11.3 Å². The Balaban J connectivity index is 1.05. The van der Waals surface area contributed by atoms with Gasteiger partial charge in [-0.05, 0) is 43.5 Å². The summed E-state index contributed by atoms with van der Waals surface area (Å²) in [5.74, 6) is 1.10. The number of benzene rings is 1. The first-order valence-corrected chi connectivity index (χ1v) is 13.7. The molecule has 5 heterocycles.